The van der Waals surface area contributed by atoms with Gasteiger partial charge in [0.15, 0.2) is 0 Å². The van der Waals surface area contributed by atoms with E-state index in [0.717, 1.165) is 6.42 Å². The van der Waals surface area contributed by atoms with Crippen LogP contribution in [0.25, 0.3) is 0 Å². The molecule has 9 heteroatoms. The summed E-state index contributed by atoms with van der Waals surface area (Å²) in [7, 11) is 0. The standard InChI is InChI=1S/C13H19FN2O2.C2H2O4/c1-2-18-9-5-8-15-10-13(17)16-12-7-4-3-6-11(12)14;3-1(4)2(5)6/h3-4,6-7,15H,2,5,8-10H2,1H3,(H,16,17);(H,3,4)(H,5,6). The summed E-state index contributed by atoms with van der Waals surface area (Å²) < 4.78 is 18.4. The van der Waals surface area contributed by atoms with E-state index in [-0.39, 0.29) is 18.1 Å². The maximum absolute atomic E-state index is 13.2. The summed E-state index contributed by atoms with van der Waals surface area (Å²) in [5, 5.41) is 20.3. The minimum absolute atomic E-state index is 0.167. The predicted molar refractivity (Wildman–Crippen MR) is 84.3 cm³/mol. The van der Waals surface area contributed by atoms with Crippen LogP contribution in [0.2, 0.25) is 0 Å². The molecule has 0 aliphatic carbocycles. The van der Waals surface area contributed by atoms with Crippen LogP contribution in [0.4, 0.5) is 10.1 Å². The number of halogens is 1. The van der Waals surface area contributed by atoms with Gasteiger partial charge in [0.2, 0.25) is 5.91 Å². The molecule has 1 amide bonds. The fourth-order valence-electron chi connectivity index (χ4n) is 1.40. The van der Waals surface area contributed by atoms with Crippen molar-refractivity contribution in [3.63, 3.8) is 0 Å². The number of rotatable bonds is 8. The van der Waals surface area contributed by atoms with Gasteiger partial charge in [-0.2, -0.15) is 0 Å². The molecule has 0 saturated heterocycles. The second kappa shape index (κ2) is 13.0. The second-order valence-corrected chi connectivity index (χ2v) is 4.37. The van der Waals surface area contributed by atoms with Crippen LogP contribution in [0.1, 0.15) is 13.3 Å². The van der Waals surface area contributed by atoms with Crippen LogP contribution in [-0.2, 0) is 19.1 Å². The first-order valence-electron chi connectivity index (χ1n) is 7.17. The van der Waals surface area contributed by atoms with E-state index in [1.165, 1.54) is 12.1 Å². The van der Waals surface area contributed by atoms with Crippen LogP contribution in [0.5, 0.6) is 0 Å². The van der Waals surface area contributed by atoms with E-state index in [9.17, 15) is 9.18 Å². The van der Waals surface area contributed by atoms with E-state index in [1.54, 1.807) is 12.1 Å². The Kier molecular flexibility index (Phi) is 11.6. The highest BCUT2D eigenvalue weighted by Gasteiger charge is 2.05. The third-order valence-electron chi connectivity index (χ3n) is 2.46. The Bertz CT molecular complexity index is 526. The van der Waals surface area contributed by atoms with Gasteiger partial charge in [0.25, 0.3) is 0 Å². The smallest absolute Gasteiger partial charge is 0.414 e. The van der Waals surface area contributed by atoms with E-state index in [0.29, 0.717) is 19.8 Å². The molecule has 1 aromatic rings. The maximum atomic E-state index is 13.2. The molecule has 0 fully saturated rings. The number of carboxylic acids is 2. The molecule has 0 atom stereocenters. The van der Waals surface area contributed by atoms with Gasteiger partial charge in [-0.05, 0) is 32.0 Å². The summed E-state index contributed by atoms with van der Waals surface area (Å²) in [5.74, 6) is -4.33. The maximum Gasteiger partial charge on any atom is 0.414 e. The number of para-hydroxylation sites is 1. The lowest BCUT2D eigenvalue weighted by Gasteiger charge is -2.07. The summed E-state index contributed by atoms with van der Waals surface area (Å²) in [6.45, 7) is 4.19. The first kappa shape index (κ1) is 21.5. The molecule has 0 unspecified atom stereocenters. The lowest BCUT2D eigenvalue weighted by molar-refractivity contribution is -0.159. The number of hydrogen-bond donors (Lipinski definition) is 4. The van der Waals surface area contributed by atoms with Gasteiger partial charge in [0.05, 0.1) is 12.2 Å². The van der Waals surface area contributed by atoms with Crippen molar-refractivity contribution in [2.75, 3.05) is 31.6 Å². The molecular formula is C15H21FN2O6. The number of carbonyl (C=O) groups excluding carboxylic acids is 1. The minimum Gasteiger partial charge on any atom is -0.473 e. The van der Waals surface area contributed by atoms with Crippen molar-refractivity contribution in [1.82, 2.24) is 5.32 Å². The largest absolute Gasteiger partial charge is 0.473 e. The van der Waals surface area contributed by atoms with Gasteiger partial charge >= 0.3 is 11.9 Å². The first-order valence-corrected chi connectivity index (χ1v) is 7.17. The summed E-state index contributed by atoms with van der Waals surface area (Å²) in [5.41, 5.74) is 0.207. The molecule has 0 spiro atoms. The van der Waals surface area contributed by atoms with E-state index in [1.807, 2.05) is 6.92 Å². The molecule has 24 heavy (non-hydrogen) atoms. The highest BCUT2D eigenvalue weighted by molar-refractivity contribution is 6.27. The number of aliphatic carboxylic acids is 2. The van der Waals surface area contributed by atoms with Crippen LogP contribution < -0.4 is 10.6 Å². The summed E-state index contributed by atoms with van der Waals surface area (Å²) in [4.78, 5) is 29.7. The van der Waals surface area contributed by atoms with Crippen molar-refractivity contribution in [2.24, 2.45) is 0 Å². The molecule has 0 radical (unpaired) electrons. The van der Waals surface area contributed by atoms with Crippen LogP contribution in [0.3, 0.4) is 0 Å². The van der Waals surface area contributed by atoms with Gasteiger partial charge in [-0.1, -0.05) is 12.1 Å². The van der Waals surface area contributed by atoms with Gasteiger partial charge in [-0.25, -0.2) is 14.0 Å². The Balaban J connectivity index is 0.000000754. The summed E-state index contributed by atoms with van der Waals surface area (Å²) in [6, 6.07) is 6.10. The zero-order chi connectivity index (χ0) is 18.4. The van der Waals surface area contributed by atoms with E-state index >= 15 is 0 Å². The van der Waals surface area contributed by atoms with Crippen molar-refractivity contribution < 1.29 is 33.7 Å². The normalized spacial score (nSPS) is 9.58. The number of carbonyl (C=O) groups is 3. The number of carboxylic acid groups (broad SMARTS) is 2. The van der Waals surface area contributed by atoms with E-state index in [2.05, 4.69) is 10.6 Å². The molecule has 1 rings (SSSR count). The van der Waals surface area contributed by atoms with E-state index < -0.39 is 17.8 Å². The second-order valence-electron chi connectivity index (χ2n) is 4.37. The summed E-state index contributed by atoms with van der Waals surface area (Å²) in [6.07, 6.45) is 0.848. The van der Waals surface area contributed by atoms with Crippen LogP contribution >= 0.6 is 0 Å². The lowest BCUT2D eigenvalue weighted by Crippen LogP contribution is -2.29. The number of hydrogen-bond acceptors (Lipinski definition) is 5. The number of ether oxygens (including phenoxy) is 1. The first-order chi connectivity index (χ1) is 11.4. The zero-order valence-electron chi connectivity index (χ0n) is 13.3. The molecule has 0 saturated carbocycles. The van der Waals surface area contributed by atoms with Gasteiger partial charge in [0, 0.05) is 13.2 Å². The average Bonchev–Trinajstić information content (AvgIpc) is 2.53. The lowest BCUT2D eigenvalue weighted by atomic mass is 10.3. The van der Waals surface area contributed by atoms with Crippen LogP contribution in [-0.4, -0.2) is 54.4 Å². The van der Waals surface area contributed by atoms with E-state index in [4.69, 9.17) is 24.5 Å². The Labute approximate surface area is 138 Å². The van der Waals surface area contributed by atoms with Gasteiger partial charge in [-0.15, -0.1) is 0 Å². The number of amides is 1. The highest BCUT2D eigenvalue weighted by Crippen LogP contribution is 2.11. The quantitative estimate of drug-likeness (QED) is 0.408. The Morgan fingerprint density at radius 3 is 2.33 bits per heavy atom. The monoisotopic (exact) mass is 344 g/mol. The number of anilines is 1. The molecular weight excluding hydrogens is 323 g/mol. The minimum atomic E-state index is -1.82. The molecule has 4 N–H and O–H groups in total. The molecule has 134 valence electrons. The van der Waals surface area contributed by atoms with Crippen molar-refractivity contribution >= 4 is 23.5 Å². The average molecular weight is 344 g/mol. The van der Waals surface area contributed by atoms with Gasteiger partial charge < -0.3 is 25.6 Å². The highest BCUT2D eigenvalue weighted by atomic mass is 19.1. The molecule has 1 aromatic carbocycles. The SMILES string of the molecule is CCOCCCNCC(=O)Nc1ccccc1F.O=C(O)C(=O)O. The van der Waals surface area contributed by atoms with Gasteiger partial charge in [0.1, 0.15) is 5.82 Å². The topological polar surface area (TPSA) is 125 Å². The van der Waals surface area contributed by atoms with Crippen molar-refractivity contribution in [2.45, 2.75) is 13.3 Å². The van der Waals surface area contributed by atoms with Gasteiger partial charge in [-0.3, -0.25) is 4.79 Å². The number of nitrogens with one attached hydrogen (secondary N) is 2. The predicted octanol–water partition coefficient (Wildman–Crippen LogP) is 0.936. The third kappa shape index (κ3) is 11.1. The molecule has 0 aliphatic rings. The molecule has 0 aromatic heterocycles. The Morgan fingerprint density at radius 1 is 1.17 bits per heavy atom. The Hall–Kier alpha value is -2.52. The van der Waals surface area contributed by atoms with Crippen molar-refractivity contribution in [3.05, 3.63) is 30.1 Å². The fraction of sp³-hybridized carbons (Fsp3) is 0.400. The van der Waals surface area contributed by atoms with Crippen molar-refractivity contribution in [1.29, 1.82) is 0 Å². The molecule has 0 heterocycles. The molecule has 0 bridgehead atoms. The van der Waals surface area contributed by atoms with Crippen molar-refractivity contribution in [3.8, 4) is 0 Å². The Morgan fingerprint density at radius 2 is 1.79 bits per heavy atom. The molecule has 8 nitrogen and oxygen atoms in total. The summed E-state index contributed by atoms with van der Waals surface area (Å²) >= 11 is 0. The van der Waals surface area contributed by atoms with Crippen LogP contribution in [0, 0.1) is 5.82 Å². The zero-order valence-corrected chi connectivity index (χ0v) is 13.3. The van der Waals surface area contributed by atoms with Crippen LogP contribution in [0.15, 0.2) is 24.3 Å². The third-order valence-corrected chi connectivity index (χ3v) is 2.46. The fourth-order valence-corrected chi connectivity index (χ4v) is 1.40. The number of benzene rings is 1. The molecule has 0 aliphatic heterocycles.